The Hall–Kier alpha value is -0.410. The molecule has 0 bridgehead atoms. The van der Waals surface area contributed by atoms with E-state index in [1.54, 1.807) is 0 Å². The fraction of sp³-hybridized carbons (Fsp3) is 0.667. The number of alkyl halides is 2. The van der Waals surface area contributed by atoms with Gasteiger partial charge in [0, 0.05) is 35.9 Å². The molecule has 1 aliphatic heterocycles. The highest BCUT2D eigenvalue weighted by atomic mass is 35.5. The Bertz CT molecular complexity index is 338. The van der Waals surface area contributed by atoms with E-state index in [1.807, 2.05) is 25.2 Å². The lowest BCUT2D eigenvalue weighted by atomic mass is 9.73. The van der Waals surface area contributed by atoms with E-state index < -0.39 is 5.92 Å². The van der Waals surface area contributed by atoms with Crippen LogP contribution in [0.5, 0.6) is 0 Å². The average molecular weight is 248 g/mol. The Morgan fingerprint density at radius 2 is 2.25 bits per heavy atom. The van der Waals surface area contributed by atoms with Crippen LogP contribution < -0.4 is 5.32 Å². The van der Waals surface area contributed by atoms with Crippen LogP contribution >= 0.6 is 11.6 Å². The fourth-order valence-electron chi connectivity index (χ4n) is 2.46. The molecular formula is C12H16ClF2N. The second-order valence-electron chi connectivity index (χ2n) is 4.96. The van der Waals surface area contributed by atoms with Gasteiger partial charge in [-0.3, -0.25) is 0 Å². The molecule has 1 fully saturated rings. The number of hydrogen-bond acceptors (Lipinski definition) is 1. The minimum Gasteiger partial charge on any atom is -0.313 e. The largest absolute Gasteiger partial charge is 0.313 e. The highest BCUT2D eigenvalue weighted by molar-refractivity contribution is 6.31. The van der Waals surface area contributed by atoms with Gasteiger partial charge in [-0.25, -0.2) is 8.78 Å². The number of piperidine rings is 1. The molecule has 2 rings (SSSR count). The first kappa shape index (κ1) is 12.1. The lowest BCUT2D eigenvalue weighted by Gasteiger charge is -2.41. The van der Waals surface area contributed by atoms with E-state index in [0.717, 1.165) is 6.42 Å². The zero-order chi connectivity index (χ0) is 11.8. The second-order valence-corrected chi connectivity index (χ2v) is 5.39. The van der Waals surface area contributed by atoms with Gasteiger partial charge in [0.1, 0.15) is 0 Å². The van der Waals surface area contributed by atoms with Crippen molar-refractivity contribution in [3.63, 3.8) is 0 Å². The normalized spacial score (nSPS) is 38.2. The Morgan fingerprint density at radius 3 is 2.88 bits per heavy atom. The predicted octanol–water partition coefficient (Wildman–Crippen LogP) is 3.46. The number of allylic oxidation sites excluding steroid dienone is 3. The third-order valence-electron chi connectivity index (χ3n) is 3.48. The average Bonchev–Trinajstić information content (AvgIpc) is 2.15. The SMILES string of the molecule is CC1([C@@H]2CC(F)(F)CCN2)C=C(Cl)C=CC1. The van der Waals surface area contributed by atoms with E-state index >= 15 is 0 Å². The summed E-state index contributed by atoms with van der Waals surface area (Å²) in [5, 5.41) is 3.83. The standard InChI is InChI=1S/C12H16ClF2N/c1-11(4-2-3-9(13)7-11)10-8-12(14,15)5-6-16-10/h2-3,7,10,16H,4-6,8H2,1H3/t10-,11?/m0/s1. The summed E-state index contributed by atoms with van der Waals surface area (Å²) in [6, 6.07) is -0.199. The van der Waals surface area contributed by atoms with Gasteiger partial charge in [-0.05, 0) is 12.5 Å². The van der Waals surface area contributed by atoms with Gasteiger partial charge >= 0.3 is 0 Å². The monoisotopic (exact) mass is 247 g/mol. The molecule has 2 atom stereocenters. The number of halogens is 3. The molecule has 0 aromatic heterocycles. The molecular weight excluding hydrogens is 232 g/mol. The van der Waals surface area contributed by atoms with Crippen LogP contribution in [-0.2, 0) is 0 Å². The summed E-state index contributed by atoms with van der Waals surface area (Å²) in [4.78, 5) is 0. The molecule has 16 heavy (non-hydrogen) atoms. The topological polar surface area (TPSA) is 12.0 Å². The number of nitrogens with one attached hydrogen (secondary N) is 1. The van der Waals surface area contributed by atoms with E-state index in [-0.39, 0.29) is 24.3 Å². The summed E-state index contributed by atoms with van der Waals surface area (Å²) in [5.74, 6) is -2.54. The molecule has 1 aliphatic carbocycles. The summed E-state index contributed by atoms with van der Waals surface area (Å²) in [6.45, 7) is 2.36. The van der Waals surface area contributed by atoms with E-state index in [0.29, 0.717) is 11.6 Å². The van der Waals surface area contributed by atoms with Gasteiger partial charge in [0.15, 0.2) is 0 Å². The van der Waals surface area contributed by atoms with Crippen LogP contribution in [0.1, 0.15) is 26.2 Å². The number of rotatable bonds is 1. The van der Waals surface area contributed by atoms with Gasteiger partial charge in [0.25, 0.3) is 5.92 Å². The summed E-state index contributed by atoms with van der Waals surface area (Å²) in [6.07, 6.45) is 6.27. The maximum absolute atomic E-state index is 13.4. The minimum absolute atomic E-state index is 0.0626. The fourth-order valence-corrected chi connectivity index (χ4v) is 2.80. The molecule has 0 spiro atoms. The molecule has 0 amide bonds. The molecule has 4 heteroatoms. The van der Waals surface area contributed by atoms with Crippen LogP contribution in [0.4, 0.5) is 8.78 Å². The minimum atomic E-state index is -2.54. The molecule has 0 saturated carbocycles. The van der Waals surface area contributed by atoms with E-state index in [9.17, 15) is 8.78 Å². The highest BCUT2D eigenvalue weighted by Crippen LogP contribution is 2.41. The number of hydrogen-bond donors (Lipinski definition) is 1. The van der Waals surface area contributed by atoms with E-state index in [1.165, 1.54) is 0 Å². The smallest absolute Gasteiger partial charge is 0.250 e. The predicted molar refractivity (Wildman–Crippen MR) is 61.8 cm³/mol. The van der Waals surface area contributed by atoms with E-state index in [4.69, 9.17) is 11.6 Å². The first-order valence-corrected chi connectivity index (χ1v) is 5.95. The van der Waals surface area contributed by atoms with Crippen molar-refractivity contribution in [2.45, 2.75) is 38.2 Å². The molecule has 90 valence electrons. The van der Waals surface area contributed by atoms with Gasteiger partial charge in [-0.15, -0.1) is 0 Å². The Kier molecular flexibility index (Phi) is 3.10. The van der Waals surface area contributed by atoms with Crippen molar-refractivity contribution in [3.05, 3.63) is 23.3 Å². The van der Waals surface area contributed by atoms with Crippen molar-refractivity contribution in [2.75, 3.05) is 6.54 Å². The van der Waals surface area contributed by atoms with Crippen LogP contribution in [0, 0.1) is 5.41 Å². The first-order valence-electron chi connectivity index (χ1n) is 5.57. The van der Waals surface area contributed by atoms with Gasteiger partial charge in [0.05, 0.1) is 0 Å². The lowest BCUT2D eigenvalue weighted by Crippen LogP contribution is -2.51. The highest BCUT2D eigenvalue weighted by Gasteiger charge is 2.43. The molecule has 2 aliphatic rings. The van der Waals surface area contributed by atoms with E-state index in [2.05, 4.69) is 5.32 Å². The van der Waals surface area contributed by atoms with Gasteiger partial charge in [-0.2, -0.15) is 0 Å². The van der Waals surface area contributed by atoms with Crippen molar-refractivity contribution in [3.8, 4) is 0 Å². The third kappa shape index (κ3) is 2.46. The molecule has 1 saturated heterocycles. The second kappa shape index (κ2) is 4.11. The molecule has 0 aromatic rings. The Morgan fingerprint density at radius 1 is 1.50 bits per heavy atom. The van der Waals surface area contributed by atoms with Crippen molar-refractivity contribution in [2.24, 2.45) is 5.41 Å². The molecule has 0 aromatic carbocycles. The molecule has 1 N–H and O–H groups in total. The maximum atomic E-state index is 13.4. The van der Waals surface area contributed by atoms with Gasteiger partial charge < -0.3 is 5.32 Å². The third-order valence-corrected chi connectivity index (χ3v) is 3.72. The van der Waals surface area contributed by atoms with Gasteiger partial charge in [-0.1, -0.05) is 30.7 Å². The Labute approximate surface area is 99.5 Å². The Balaban J connectivity index is 2.15. The molecule has 0 radical (unpaired) electrons. The lowest BCUT2D eigenvalue weighted by molar-refractivity contribution is -0.0537. The van der Waals surface area contributed by atoms with Crippen LogP contribution in [0.3, 0.4) is 0 Å². The van der Waals surface area contributed by atoms with Crippen molar-refractivity contribution in [1.82, 2.24) is 5.32 Å². The zero-order valence-corrected chi connectivity index (χ0v) is 10.0. The van der Waals surface area contributed by atoms with Crippen LogP contribution in [0.15, 0.2) is 23.3 Å². The maximum Gasteiger partial charge on any atom is 0.250 e. The summed E-state index contributed by atoms with van der Waals surface area (Å²) >= 11 is 5.95. The summed E-state index contributed by atoms with van der Waals surface area (Å²) in [7, 11) is 0. The first-order chi connectivity index (χ1) is 7.41. The van der Waals surface area contributed by atoms with Crippen molar-refractivity contribution >= 4 is 11.6 Å². The van der Waals surface area contributed by atoms with Crippen molar-refractivity contribution in [1.29, 1.82) is 0 Å². The molecule has 1 unspecified atom stereocenters. The molecule has 1 heterocycles. The van der Waals surface area contributed by atoms with Crippen molar-refractivity contribution < 1.29 is 8.78 Å². The summed E-state index contributed by atoms with van der Waals surface area (Å²) < 4.78 is 26.7. The summed E-state index contributed by atoms with van der Waals surface area (Å²) in [5.41, 5.74) is -0.296. The molecule has 1 nitrogen and oxygen atoms in total. The van der Waals surface area contributed by atoms with Crippen LogP contribution in [-0.4, -0.2) is 18.5 Å². The van der Waals surface area contributed by atoms with Crippen LogP contribution in [0.25, 0.3) is 0 Å². The van der Waals surface area contributed by atoms with Crippen LogP contribution in [0.2, 0.25) is 0 Å². The zero-order valence-electron chi connectivity index (χ0n) is 9.27. The quantitative estimate of drug-likeness (QED) is 0.748. The van der Waals surface area contributed by atoms with Gasteiger partial charge in [0.2, 0.25) is 0 Å².